The molecule has 0 unspecified atom stereocenters. The van der Waals surface area contributed by atoms with Gasteiger partial charge in [0.25, 0.3) is 0 Å². The molecular weight excluding hydrogens is 324 g/mol. The third kappa shape index (κ3) is 2.84. The molecule has 5 heteroatoms. The Morgan fingerprint density at radius 2 is 1.75 bits per heavy atom. The average Bonchev–Trinajstić information content (AvgIpc) is 2.62. The third-order valence-corrected chi connectivity index (χ3v) is 4.04. The highest BCUT2D eigenvalue weighted by Crippen LogP contribution is 2.34. The van der Waals surface area contributed by atoms with Crippen molar-refractivity contribution in [2.24, 2.45) is 0 Å². The maximum Gasteiger partial charge on any atom is 0.196 e. The van der Waals surface area contributed by atoms with E-state index in [-0.39, 0.29) is 5.78 Å². The molecule has 0 aliphatic rings. The van der Waals surface area contributed by atoms with Gasteiger partial charge in [0.1, 0.15) is 5.75 Å². The number of hydrogen-bond acceptors (Lipinski definition) is 4. The van der Waals surface area contributed by atoms with E-state index in [0.717, 1.165) is 5.56 Å². The van der Waals surface area contributed by atoms with Gasteiger partial charge in [-0.05, 0) is 30.3 Å². The van der Waals surface area contributed by atoms with Gasteiger partial charge in [0, 0.05) is 22.9 Å². The second-order valence-electron chi connectivity index (χ2n) is 5.13. The molecular formula is C19H15ClN2O2. The molecule has 1 heterocycles. The normalized spacial score (nSPS) is 10.4. The van der Waals surface area contributed by atoms with E-state index >= 15 is 0 Å². The zero-order valence-electron chi connectivity index (χ0n) is 13.0. The molecule has 0 bridgehead atoms. The standard InChI is InChI=1S/C19H15ClN2O2/c1-24-16-9-5-3-7-13(16)18-17(21)14(10-11-22-18)19(23)12-6-2-4-8-15(12)20/h2-11H,21H2,1H3. The molecule has 3 aromatic rings. The van der Waals surface area contributed by atoms with Gasteiger partial charge in [-0.1, -0.05) is 35.9 Å². The number of rotatable bonds is 4. The van der Waals surface area contributed by atoms with E-state index in [1.807, 2.05) is 24.3 Å². The smallest absolute Gasteiger partial charge is 0.196 e. The van der Waals surface area contributed by atoms with Crippen LogP contribution in [0.25, 0.3) is 11.3 Å². The Morgan fingerprint density at radius 1 is 1.04 bits per heavy atom. The average molecular weight is 339 g/mol. The molecule has 0 spiro atoms. The molecule has 2 aromatic carbocycles. The lowest BCUT2D eigenvalue weighted by Gasteiger charge is -2.12. The van der Waals surface area contributed by atoms with Crippen molar-refractivity contribution in [3.05, 3.63) is 76.9 Å². The molecule has 0 saturated carbocycles. The predicted molar refractivity (Wildman–Crippen MR) is 95.5 cm³/mol. The Labute approximate surface area is 144 Å². The van der Waals surface area contributed by atoms with Crippen molar-refractivity contribution >= 4 is 23.1 Å². The van der Waals surface area contributed by atoms with Crippen molar-refractivity contribution in [1.82, 2.24) is 4.98 Å². The Morgan fingerprint density at radius 3 is 2.50 bits per heavy atom. The number of nitrogens with two attached hydrogens (primary N) is 1. The summed E-state index contributed by atoms with van der Waals surface area (Å²) in [7, 11) is 1.58. The second-order valence-corrected chi connectivity index (χ2v) is 5.54. The number of hydrogen-bond donors (Lipinski definition) is 1. The number of nitrogens with zero attached hydrogens (tertiary/aromatic N) is 1. The van der Waals surface area contributed by atoms with Gasteiger partial charge in [0.05, 0.1) is 23.5 Å². The highest BCUT2D eigenvalue weighted by molar-refractivity contribution is 6.35. The largest absolute Gasteiger partial charge is 0.496 e. The monoisotopic (exact) mass is 338 g/mol. The van der Waals surface area contributed by atoms with Crippen LogP contribution in [0.3, 0.4) is 0 Å². The summed E-state index contributed by atoms with van der Waals surface area (Å²) in [5, 5.41) is 0.387. The minimum absolute atomic E-state index is 0.239. The lowest BCUT2D eigenvalue weighted by molar-refractivity contribution is 0.103. The number of anilines is 1. The lowest BCUT2D eigenvalue weighted by atomic mass is 9.99. The minimum atomic E-state index is -0.239. The van der Waals surface area contributed by atoms with E-state index in [9.17, 15) is 4.79 Å². The highest BCUT2D eigenvalue weighted by Gasteiger charge is 2.19. The first-order valence-electron chi connectivity index (χ1n) is 7.30. The quantitative estimate of drug-likeness (QED) is 0.723. The summed E-state index contributed by atoms with van der Waals surface area (Å²) in [4.78, 5) is 17.1. The summed E-state index contributed by atoms with van der Waals surface area (Å²) in [6, 6.07) is 15.9. The Hall–Kier alpha value is -2.85. The van der Waals surface area contributed by atoms with Gasteiger partial charge in [-0.15, -0.1) is 0 Å². The lowest BCUT2D eigenvalue weighted by Crippen LogP contribution is -2.08. The number of pyridine rings is 1. The number of aromatic nitrogens is 1. The van der Waals surface area contributed by atoms with E-state index in [0.29, 0.717) is 33.3 Å². The molecule has 1 aromatic heterocycles. The van der Waals surface area contributed by atoms with Crippen LogP contribution < -0.4 is 10.5 Å². The Balaban J connectivity index is 2.13. The number of nitrogen functional groups attached to an aromatic ring is 1. The summed E-state index contributed by atoms with van der Waals surface area (Å²) >= 11 is 6.13. The first-order valence-corrected chi connectivity index (χ1v) is 7.68. The van der Waals surface area contributed by atoms with E-state index in [1.54, 1.807) is 43.6 Å². The zero-order chi connectivity index (χ0) is 17.1. The number of para-hydroxylation sites is 1. The fourth-order valence-electron chi connectivity index (χ4n) is 2.52. The minimum Gasteiger partial charge on any atom is -0.496 e. The van der Waals surface area contributed by atoms with Crippen LogP contribution in [0, 0.1) is 0 Å². The van der Waals surface area contributed by atoms with Gasteiger partial charge in [0.2, 0.25) is 0 Å². The summed E-state index contributed by atoms with van der Waals surface area (Å²) in [5.74, 6) is 0.399. The molecule has 0 aliphatic carbocycles. The molecule has 3 rings (SSSR count). The molecule has 0 aliphatic heterocycles. The van der Waals surface area contributed by atoms with Gasteiger partial charge in [0.15, 0.2) is 5.78 Å². The molecule has 4 nitrogen and oxygen atoms in total. The van der Waals surface area contributed by atoms with Gasteiger partial charge in [-0.3, -0.25) is 9.78 Å². The molecule has 0 atom stereocenters. The fraction of sp³-hybridized carbons (Fsp3) is 0.0526. The van der Waals surface area contributed by atoms with Crippen molar-refractivity contribution in [2.45, 2.75) is 0 Å². The van der Waals surface area contributed by atoms with Crippen LogP contribution in [0.2, 0.25) is 5.02 Å². The van der Waals surface area contributed by atoms with Gasteiger partial charge >= 0.3 is 0 Å². The maximum atomic E-state index is 12.8. The summed E-state index contributed by atoms with van der Waals surface area (Å²) in [6.45, 7) is 0. The Kier molecular flexibility index (Phi) is 4.49. The van der Waals surface area contributed by atoms with Crippen LogP contribution in [-0.2, 0) is 0 Å². The van der Waals surface area contributed by atoms with Crippen molar-refractivity contribution in [2.75, 3.05) is 12.8 Å². The van der Waals surface area contributed by atoms with Crippen LogP contribution in [0.15, 0.2) is 60.8 Å². The van der Waals surface area contributed by atoms with Crippen molar-refractivity contribution in [3.8, 4) is 17.0 Å². The maximum absolute atomic E-state index is 12.8. The van der Waals surface area contributed by atoms with Crippen molar-refractivity contribution in [3.63, 3.8) is 0 Å². The van der Waals surface area contributed by atoms with Crippen LogP contribution in [-0.4, -0.2) is 17.9 Å². The van der Waals surface area contributed by atoms with Crippen LogP contribution in [0.1, 0.15) is 15.9 Å². The summed E-state index contributed by atoms with van der Waals surface area (Å²) in [5.41, 5.74) is 8.54. The third-order valence-electron chi connectivity index (χ3n) is 3.72. The van der Waals surface area contributed by atoms with Gasteiger partial charge in [-0.2, -0.15) is 0 Å². The van der Waals surface area contributed by atoms with Crippen LogP contribution in [0.5, 0.6) is 5.75 Å². The molecule has 2 N–H and O–H groups in total. The molecule has 0 saturated heterocycles. The number of halogens is 1. The SMILES string of the molecule is COc1ccccc1-c1nccc(C(=O)c2ccccc2Cl)c1N. The predicted octanol–water partition coefficient (Wildman–Crippen LogP) is 4.22. The van der Waals surface area contributed by atoms with Gasteiger partial charge in [-0.25, -0.2) is 0 Å². The van der Waals surface area contributed by atoms with Crippen molar-refractivity contribution < 1.29 is 9.53 Å². The summed E-state index contributed by atoms with van der Waals surface area (Å²) < 4.78 is 5.36. The number of ether oxygens (including phenoxy) is 1. The second kappa shape index (κ2) is 6.72. The number of methoxy groups -OCH3 is 1. The number of ketones is 1. The molecule has 0 amide bonds. The summed E-state index contributed by atoms with van der Waals surface area (Å²) in [6.07, 6.45) is 1.56. The van der Waals surface area contributed by atoms with E-state index < -0.39 is 0 Å². The van der Waals surface area contributed by atoms with Crippen molar-refractivity contribution in [1.29, 1.82) is 0 Å². The molecule has 24 heavy (non-hydrogen) atoms. The van der Waals surface area contributed by atoms with Gasteiger partial charge < -0.3 is 10.5 Å². The van der Waals surface area contributed by atoms with Crippen LogP contribution >= 0.6 is 11.6 Å². The van der Waals surface area contributed by atoms with E-state index in [1.165, 1.54) is 0 Å². The number of benzene rings is 2. The topological polar surface area (TPSA) is 65.2 Å². The number of carbonyl (C=O) groups is 1. The Bertz CT molecular complexity index is 909. The fourth-order valence-corrected chi connectivity index (χ4v) is 2.74. The number of carbonyl (C=O) groups excluding carboxylic acids is 1. The first-order chi connectivity index (χ1) is 11.6. The molecule has 0 radical (unpaired) electrons. The van der Waals surface area contributed by atoms with E-state index in [4.69, 9.17) is 22.1 Å². The van der Waals surface area contributed by atoms with E-state index in [2.05, 4.69) is 4.98 Å². The molecule has 120 valence electrons. The highest BCUT2D eigenvalue weighted by atomic mass is 35.5. The first kappa shape index (κ1) is 16.0. The zero-order valence-corrected chi connectivity index (χ0v) is 13.7. The van der Waals surface area contributed by atoms with Crippen LogP contribution in [0.4, 0.5) is 5.69 Å². The molecule has 0 fully saturated rings.